The molecule has 1 aromatic rings. The van der Waals surface area contributed by atoms with Crippen molar-refractivity contribution >= 4 is 5.91 Å². The number of nitrogens with zero attached hydrogens (tertiary/aromatic N) is 1. The fourth-order valence-corrected chi connectivity index (χ4v) is 3.16. The van der Waals surface area contributed by atoms with Crippen molar-refractivity contribution in [2.24, 2.45) is 5.92 Å². The van der Waals surface area contributed by atoms with Gasteiger partial charge in [-0.3, -0.25) is 4.79 Å². The SMILES string of the molecule is O=C(NCCN1CCC(O)CC1)[C@H]1C[C@@H]1c1ccccc1. The standard InChI is InChI=1S/C17H24N2O2/c20-14-6-9-19(10-7-14)11-8-18-17(21)16-12-15(16)13-4-2-1-3-5-13/h1-5,14-16,20H,6-12H2,(H,18,21)/t15-,16+/m1/s1. The van der Waals surface area contributed by atoms with E-state index in [9.17, 15) is 9.90 Å². The highest BCUT2D eigenvalue weighted by Gasteiger charge is 2.43. The average molecular weight is 288 g/mol. The van der Waals surface area contributed by atoms with E-state index in [4.69, 9.17) is 0 Å². The van der Waals surface area contributed by atoms with Crippen LogP contribution in [0.15, 0.2) is 30.3 Å². The smallest absolute Gasteiger partial charge is 0.223 e. The summed E-state index contributed by atoms with van der Waals surface area (Å²) in [4.78, 5) is 14.4. The maximum absolute atomic E-state index is 12.1. The number of likely N-dealkylation sites (tertiary alicyclic amines) is 1. The molecule has 1 aromatic carbocycles. The van der Waals surface area contributed by atoms with Crippen molar-refractivity contribution in [3.8, 4) is 0 Å². The van der Waals surface area contributed by atoms with E-state index in [1.54, 1.807) is 0 Å². The van der Waals surface area contributed by atoms with Crippen LogP contribution in [0.1, 0.15) is 30.7 Å². The van der Waals surface area contributed by atoms with Crippen LogP contribution in [-0.4, -0.2) is 48.2 Å². The maximum atomic E-state index is 12.1. The van der Waals surface area contributed by atoms with Gasteiger partial charge in [0, 0.05) is 32.1 Å². The van der Waals surface area contributed by atoms with Gasteiger partial charge in [-0.1, -0.05) is 30.3 Å². The first-order chi connectivity index (χ1) is 10.2. The van der Waals surface area contributed by atoms with Crippen molar-refractivity contribution in [2.45, 2.75) is 31.3 Å². The summed E-state index contributed by atoms with van der Waals surface area (Å²) in [6.07, 6.45) is 2.55. The van der Waals surface area contributed by atoms with Crippen LogP contribution in [0.5, 0.6) is 0 Å². The number of nitrogens with one attached hydrogen (secondary N) is 1. The zero-order chi connectivity index (χ0) is 14.7. The van der Waals surface area contributed by atoms with Gasteiger partial charge in [0.15, 0.2) is 0 Å². The molecule has 2 fully saturated rings. The van der Waals surface area contributed by atoms with Crippen LogP contribution in [0, 0.1) is 5.92 Å². The van der Waals surface area contributed by atoms with Gasteiger partial charge in [0.05, 0.1) is 6.10 Å². The molecule has 1 heterocycles. The normalized spacial score (nSPS) is 26.5. The lowest BCUT2D eigenvalue weighted by Gasteiger charge is -2.29. The molecule has 1 saturated heterocycles. The predicted octanol–water partition coefficient (Wildman–Crippen LogP) is 1.36. The fourth-order valence-electron chi connectivity index (χ4n) is 3.16. The van der Waals surface area contributed by atoms with Gasteiger partial charge in [0.25, 0.3) is 0 Å². The van der Waals surface area contributed by atoms with Gasteiger partial charge < -0.3 is 15.3 Å². The molecule has 0 unspecified atom stereocenters. The summed E-state index contributed by atoms with van der Waals surface area (Å²) in [5.41, 5.74) is 1.28. The van der Waals surface area contributed by atoms with Crippen molar-refractivity contribution < 1.29 is 9.90 Å². The molecule has 2 atom stereocenters. The summed E-state index contributed by atoms with van der Waals surface area (Å²) in [7, 11) is 0. The van der Waals surface area contributed by atoms with Crippen LogP contribution in [0.3, 0.4) is 0 Å². The number of piperidine rings is 1. The Morgan fingerprint density at radius 2 is 1.95 bits per heavy atom. The molecule has 1 saturated carbocycles. The molecule has 2 aliphatic rings. The minimum atomic E-state index is -0.131. The summed E-state index contributed by atoms with van der Waals surface area (Å²) in [5, 5.41) is 12.5. The van der Waals surface area contributed by atoms with Gasteiger partial charge in [-0.25, -0.2) is 0 Å². The summed E-state index contributed by atoms with van der Waals surface area (Å²) in [6, 6.07) is 10.3. The summed E-state index contributed by atoms with van der Waals surface area (Å²) >= 11 is 0. The van der Waals surface area contributed by atoms with Crippen LogP contribution >= 0.6 is 0 Å². The maximum Gasteiger partial charge on any atom is 0.223 e. The van der Waals surface area contributed by atoms with Crippen molar-refractivity contribution in [2.75, 3.05) is 26.2 Å². The molecule has 0 radical (unpaired) electrons. The van der Waals surface area contributed by atoms with E-state index >= 15 is 0 Å². The van der Waals surface area contributed by atoms with E-state index in [2.05, 4.69) is 22.3 Å². The third-order valence-corrected chi connectivity index (χ3v) is 4.64. The molecule has 114 valence electrons. The van der Waals surface area contributed by atoms with E-state index in [1.165, 1.54) is 5.56 Å². The molecular weight excluding hydrogens is 264 g/mol. The van der Waals surface area contributed by atoms with Gasteiger partial charge in [-0.15, -0.1) is 0 Å². The first-order valence-corrected chi connectivity index (χ1v) is 7.97. The molecule has 0 spiro atoms. The van der Waals surface area contributed by atoms with Gasteiger partial charge >= 0.3 is 0 Å². The summed E-state index contributed by atoms with van der Waals surface area (Å²) in [5.74, 6) is 0.771. The Kier molecular flexibility index (Phi) is 4.56. The second-order valence-electron chi connectivity index (χ2n) is 6.22. The van der Waals surface area contributed by atoms with Crippen LogP contribution in [0.25, 0.3) is 0 Å². The Morgan fingerprint density at radius 1 is 1.24 bits per heavy atom. The molecular formula is C17H24N2O2. The Bertz CT molecular complexity index is 469. The summed E-state index contributed by atoms with van der Waals surface area (Å²) in [6.45, 7) is 3.48. The number of carbonyl (C=O) groups is 1. The van der Waals surface area contributed by atoms with E-state index in [-0.39, 0.29) is 17.9 Å². The van der Waals surface area contributed by atoms with Crippen LogP contribution in [0.2, 0.25) is 0 Å². The Hall–Kier alpha value is -1.39. The van der Waals surface area contributed by atoms with E-state index < -0.39 is 0 Å². The van der Waals surface area contributed by atoms with Crippen LogP contribution in [0.4, 0.5) is 0 Å². The minimum absolute atomic E-state index is 0.131. The lowest BCUT2D eigenvalue weighted by atomic mass is 10.1. The first-order valence-electron chi connectivity index (χ1n) is 7.97. The van der Waals surface area contributed by atoms with Crippen molar-refractivity contribution in [3.05, 3.63) is 35.9 Å². The van der Waals surface area contributed by atoms with Crippen molar-refractivity contribution in [3.63, 3.8) is 0 Å². The predicted molar refractivity (Wildman–Crippen MR) is 82.0 cm³/mol. The Morgan fingerprint density at radius 3 is 2.67 bits per heavy atom. The molecule has 4 nitrogen and oxygen atoms in total. The second-order valence-corrected chi connectivity index (χ2v) is 6.22. The molecule has 2 N–H and O–H groups in total. The zero-order valence-corrected chi connectivity index (χ0v) is 12.4. The van der Waals surface area contributed by atoms with Crippen molar-refractivity contribution in [1.29, 1.82) is 0 Å². The largest absolute Gasteiger partial charge is 0.393 e. The Balaban J connectivity index is 1.36. The number of carbonyl (C=O) groups excluding carboxylic acids is 1. The van der Waals surface area contributed by atoms with Crippen LogP contribution < -0.4 is 5.32 Å². The third kappa shape index (κ3) is 3.83. The number of rotatable bonds is 5. The number of hydrogen-bond donors (Lipinski definition) is 2. The van der Waals surface area contributed by atoms with Crippen LogP contribution in [-0.2, 0) is 4.79 Å². The lowest BCUT2D eigenvalue weighted by Crippen LogP contribution is -2.41. The fraction of sp³-hybridized carbons (Fsp3) is 0.588. The average Bonchev–Trinajstić information content (AvgIpc) is 3.31. The first kappa shape index (κ1) is 14.5. The molecule has 21 heavy (non-hydrogen) atoms. The van der Waals surface area contributed by atoms with E-state index in [0.29, 0.717) is 12.5 Å². The monoisotopic (exact) mass is 288 g/mol. The second kappa shape index (κ2) is 6.58. The van der Waals surface area contributed by atoms with Gasteiger partial charge in [0.2, 0.25) is 5.91 Å². The molecule has 1 aliphatic carbocycles. The number of hydrogen-bond acceptors (Lipinski definition) is 3. The minimum Gasteiger partial charge on any atom is -0.393 e. The highest BCUT2D eigenvalue weighted by Crippen LogP contribution is 2.47. The number of aliphatic hydroxyl groups excluding tert-OH is 1. The molecule has 3 rings (SSSR count). The third-order valence-electron chi connectivity index (χ3n) is 4.64. The molecule has 0 aromatic heterocycles. The van der Waals surface area contributed by atoms with Gasteiger partial charge in [-0.2, -0.15) is 0 Å². The molecule has 1 amide bonds. The summed E-state index contributed by atoms with van der Waals surface area (Å²) < 4.78 is 0. The number of aliphatic hydroxyl groups is 1. The van der Waals surface area contributed by atoms with Gasteiger partial charge in [0.1, 0.15) is 0 Å². The molecule has 1 aliphatic heterocycles. The quantitative estimate of drug-likeness (QED) is 0.860. The van der Waals surface area contributed by atoms with Crippen molar-refractivity contribution in [1.82, 2.24) is 10.2 Å². The number of benzene rings is 1. The highest BCUT2D eigenvalue weighted by atomic mass is 16.3. The Labute approximate surface area is 126 Å². The highest BCUT2D eigenvalue weighted by molar-refractivity contribution is 5.82. The molecule has 4 heteroatoms. The van der Waals surface area contributed by atoms with Gasteiger partial charge in [-0.05, 0) is 30.7 Å². The van der Waals surface area contributed by atoms with E-state index in [1.807, 2.05) is 18.2 Å². The lowest BCUT2D eigenvalue weighted by molar-refractivity contribution is -0.122. The topological polar surface area (TPSA) is 52.6 Å². The molecule has 0 bridgehead atoms. The number of amides is 1. The van der Waals surface area contributed by atoms with E-state index in [0.717, 1.165) is 38.9 Å². The zero-order valence-electron chi connectivity index (χ0n) is 12.4.